The van der Waals surface area contributed by atoms with Crippen LogP contribution in [0.25, 0.3) is 5.76 Å². The van der Waals surface area contributed by atoms with Gasteiger partial charge in [-0.3, -0.25) is 14.7 Å². The molecule has 0 aliphatic carbocycles. The quantitative estimate of drug-likeness (QED) is 0.0669. The molecule has 0 N–H and O–H groups in total. The molecule has 2 aromatic carbocycles. The number of pyridine rings is 3. The molecule has 280 valence electrons. The van der Waals surface area contributed by atoms with Gasteiger partial charge in [0.1, 0.15) is 22.8 Å². The number of carbonyl (C=O) groups is 2. The first-order valence-corrected chi connectivity index (χ1v) is 17.9. The van der Waals surface area contributed by atoms with E-state index in [2.05, 4.69) is 67.6 Å². The van der Waals surface area contributed by atoms with Gasteiger partial charge in [0.25, 0.3) is 0 Å². The number of benzene rings is 2. The first kappa shape index (κ1) is 39.5. The number of hydrogen-bond donors (Lipinski definition) is 0. The molecule has 0 spiro atoms. The molecule has 0 fully saturated rings. The van der Waals surface area contributed by atoms with E-state index in [1.54, 1.807) is 19.2 Å². The summed E-state index contributed by atoms with van der Waals surface area (Å²) >= 11 is 0. The Hall–Kier alpha value is -5.75. The Morgan fingerprint density at radius 2 is 0.833 bits per heavy atom. The molecular formula is C43H48N6O5. The minimum atomic E-state index is -0.473. The van der Waals surface area contributed by atoms with E-state index in [0.717, 1.165) is 30.2 Å². The van der Waals surface area contributed by atoms with Crippen LogP contribution in [0.4, 0.5) is 0 Å². The van der Waals surface area contributed by atoms with Gasteiger partial charge in [0.2, 0.25) is 0 Å². The van der Waals surface area contributed by atoms with E-state index in [1.807, 2.05) is 66.7 Å². The molecule has 0 aliphatic rings. The van der Waals surface area contributed by atoms with Crippen LogP contribution in [0.5, 0.6) is 0 Å². The SMILES string of the molecule is C=C(OC)c1cccc(CN(CCN(CCN(Cc2ccccc2)Cc2cccc(C(=O)OC)n2)Cc2cccc(C(=O)OC)n2)Cc2ccccc2)n1. The highest BCUT2D eigenvalue weighted by molar-refractivity contribution is 5.87. The van der Waals surface area contributed by atoms with Gasteiger partial charge in [-0.25, -0.2) is 24.5 Å². The zero-order chi connectivity index (χ0) is 38.1. The molecule has 0 saturated carbocycles. The van der Waals surface area contributed by atoms with Crippen LogP contribution < -0.4 is 0 Å². The molecular weight excluding hydrogens is 681 g/mol. The van der Waals surface area contributed by atoms with Crippen molar-refractivity contribution in [2.24, 2.45) is 0 Å². The molecule has 0 radical (unpaired) electrons. The molecule has 0 saturated heterocycles. The van der Waals surface area contributed by atoms with Gasteiger partial charge in [-0.2, -0.15) is 0 Å². The highest BCUT2D eigenvalue weighted by atomic mass is 16.5. The molecule has 0 aliphatic heterocycles. The molecule has 0 amide bonds. The molecule has 0 bridgehead atoms. The number of carbonyl (C=O) groups excluding carboxylic acids is 2. The Morgan fingerprint density at radius 3 is 1.24 bits per heavy atom. The van der Waals surface area contributed by atoms with Crippen molar-refractivity contribution < 1.29 is 23.8 Å². The maximum atomic E-state index is 12.4. The smallest absolute Gasteiger partial charge is 0.356 e. The monoisotopic (exact) mass is 728 g/mol. The molecule has 5 aromatic rings. The lowest BCUT2D eigenvalue weighted by Crippen LogP contribution is -2.39. The normalized spacial score (nSPS) is 11.1. The average molecular weight is 729 g/mol. The van der Waals surface area contributed by atoms with Crippen LogP contribution in [0.2, 0.25) is 0 Å². The standard InChI is InChI=1S/C43H48N6O5/c1-33(52-2)39-21-11-18-37(44-39)31-48(28-34-14-7-5-8-15-34)26-24-47(30-36-19-12-22-40(45-36)42(50)53-3)25-27-49(29-35-16-9-6-10-17-35)32-38-20-13-23-41(46-38)43(51)54-4/h5-23H,1,24-32H2,2-4H3. The fourth-order valence-electron chi connectivity index (χ4n) is 6.03. The van der Waals surface area contributed by atoms with Crippen LogP contribution >= 0.6 is 0 Å². The number of ether oxygens (including phenoxy) is 3. The Kier molecular flexibility index (Phi) is 15.0. The van der Waals surface area contributed by atoms with E-state index in [4.69, 9.17) is 19.2 Å². The molecule has 3 aromatic heterocycles. The lowest BCUT2D eigenvalue weighted by Gasteiger charge is -2.30. The third kappa shape index (κ3) is 12.2. The summed E-state index contributed by atoms with van der Waals surface area (Å²) in [6, 6.07) is 37.4. The van der Waals surface area contributed by atoms with Gasteiger partial charge < -0.3 is 14.2 Å². The predicted octanol–water partition coefficient (Wildman–Crippen LogP) is 6.27. The first-order valence-electron chi connectivity index (χ1n) is 17.9. The number of aromatic nitrogens is 3. The molecule has 11 nitrogen and oxygen atoms in total. The van der Waals surface area contributed by atoms with Gasteiger partial charge in [-0.1, -0.05) is 85.4 Å². The number of rotatable bonds is 20. The van der Waals surface area contributed by atoms with E-state index in [0.29, 0.717) is 57.3 Å². The van der Waals surface area contributed by atoms with Gasteiger partial charge in [0, 0.05) is 58.9 Å². The third-order valence-corrected chi connectivity index (χ3v) is 8.86. The van der Waals surface area contributed by atoms with E-state index in [9.17, 15) is 9.59 Å². The Morgan fingerprint density at radius 1 is 0.463 bits per heavy atom. The summed E-state index contributed by atoms with van der Waals surface area (Å²) in [7, 11) is 4.31. The molecule has 3 heterocycles. The zero-order valence-corrected chi connectivity index (χ0v) is 31.3. The number of hydrogen-bond acceptors (Lipinski definition) is 11. The fourth-order valence-corrected chi connectivity index (χ4v) is 6.03. The number of methoxy groups -OCH3 is 3. The van der Waals surface area contributed by atoms with Crippen LogP contribution in [-0.4, -0.2) is 89.1 Å². The van der Waals surface area contributed by atoms with E-state index < -0.39 is 11.9 Å². The van der Waals surface area contributed by atoms with Crippen molar-refractivity contribution in [1.82, 2.24) is 29.7 Å². The van der Waals surface area contributed by atoms with Crippen LogP contribution in [0.15, 0.2) is 122 Å². The van der Waals surface area contributed by atoms with Crippen molar-refractivity contribution in [3.8, 4) is 0 Å². The van der Waals surface area contributed by atoms with E-state index >= 15 is 0 Å². The molecule has 11 heteroatoms. The van der Waals surface area contributed by atoms with Gasteiger partial charge >= 0.3 is 11.9 Å². The minimum absolute atomic E-state index is 0.270. The summed E-state index contributed by atoms with van der Waals surface area (Å²) in [6.45, 7) is 9.87. The second kappa shape index (κ2) is 20.5. The first-order chi connectivity index (χ1) is 26.3. The van der Waals surface area contributed by atoms with E-state index in [1.165, 1.54) is 25.3 Å². The van der Waals surface area contributed by atoms with Gasteiger partial charge in [0.15, 0.2) is 0 Å². The molecule has 0 atom stereocenters. The van der Waals surface area contributed by atoms with Crippen molar-refractivity contribution in [3.05, 3.63) is 167 Å². The van der Waals surface area contributed by atoms with Crippen molar-refractivity contribution in [3.63, 3.8) is 0 Å². The van der Waals surface area contributed by atoms with Gasteiger partial charge in [-0.15, -0.1) is 0 Å². The largest absolute Gasteiger partial charge is 0.495 e. The Bertz CT molecular complexity index is 1850. The van der Waals surface area contributed by atoms with Crippen molar-refractivity contribution in [1.29, 1.82) is 0 Å². The number of nitrogens with zero attached hydrogens (tertiary/aromatic N) is 6. The number of esters is 2. The summed E-state index contributed by atoms with van der Waals surface area (Å²) in [6.07, 6.45) is 0. The highest BCUT2D eigenvalue weighted by Crippen LogP contribution is 2.16. The molecule has 0 unspecified atom stereocenters. The molecule has 5 rings (SSSR count). The minimum Gasteiger partial charge on any atom is -0.495 e. The van der Waals surface area contributed by atoms with Gasteiger partial charge in [0.05, 0.1) is 38.4 Å². The Labute approximate surface area is 317 Å². The summed E-state index contributed by atoms with van der Waals surface area (Å²) in [5.74, 6) is -0.421. The summed E-state index contributed by atoms with van der Waals surface area (Å²) < 4.78 is 15.2. The second-order valence-electron chi connectivity index (χ2n) is 12.8. The maximum Gasteiger partial charge on any atom is 0.356 e. The average Bonchev–Trinajstić information content (AvgIpc) is 3.21. The van der Waals surface area contributed by atoms with Crippen LogP contribution in [0.1, 0.15) is 54.9 Å². The van der Waals surface area contributed by atoms with E-state index in [-0.39, 0.29) is 11.4 Å². The second-order valence-corrected chi connectivity index (χ2v) is 12.8. The summed E-state index contributed by atoms with van der Waals surface area (Å²) in [4.78, 5) is 45.8. The summed E-state index contributed by atoms with van der Waals surface area (Å²) in [5, 5.41) is 0. The molecule has 54 heavy (non-hydrogen) atoms. The lowest BCUT2D eigenvalue weighted by molar-refractivity contribution is 0.0584. The summed E-state index contributed by atoms with van der Waals surface area (Å²) in [5.41, 5.74) is 6.07. The third-order valence-electron chi connectivity index (χ3n) is 8.86. The Balaban J connectivity index is 1.39. The van der Waals surface area contributed by atoms with Crippen LogP contribution in [-0.2, 0) is 46.9 Å². The van der Waals surface area contributed by atoms with Crippen LogP contribution in [0, 0.1) is 0 Å². The fraction of sp³-hybridized carbons (Fsp3) is 0.279. The maximum absolute atomic E-state index is 12.4. The predicted molar refractivity (Wildman–Crippen MR) is 208 cm³/mol. The van der Waals surface area contributed by atoms with Crippen molar-refractivity contribution in [2.45, 2.75) is 32.7 Å². The van der Waals surface area contributed by atoms with Crippen LogP contribution in [0.3, 0.4) is 0 Å². The van der Waals surface area contributed by atoms with Gasteiger partial charge in [-0.05, 0) is 47.5 Å². The van der Waals surface area contributed by atoms with Crippen molar-refractivity contribution in [2.75, 3.05) is 47.5 Å². The zero-order valence-electron chi connectivity index (χ0n) is 31.3. The topological polar surface area (TPSA) is 110 Å². The van der Waals surface area contributed by atoms with Crippen molar-refractivity contribution >= 4 is 17.7 Å². The highest BCUT2D eigenvalue weighted by Gasteiger charge is 2.18. The lowest BCUT2D eigenvalue weighted by atomic mass is 10.2.